The Hall–Kier alpha value is -0.280. The van der Waals surface area contributed by atoms with Gasteiger partial charge in [-0.2, -0.15) is 0 Å². The lowest BCUT2D eigenvalue weighted by atomic mass is 10.0. The van der Waals surface area contributed by atoms with Crippen LogP contribution in [0.15, 0.2) is 24.3 Å². The standard InChI is InChI=1S/C12H16ClNO.ClH/c1-9-7-14-12(2,15-8-9)10-5-3-4-6-11(10)13;/h3-6,9,14H,7-8H2,1-2H3;1H. The Morgan fingerprint density at radius 1 is 1.44 bits per heavy atom. The minimum Gasteiger partial charge on any atom is -0.356 e. The molecule has 1 saturated heterocycles. The summed E-state index contributed by atoms with van der Waals surface area (Å²) in [7, 11) is 0. The smallest absolute Gasteiger partial charge is 0.143 e. The summed E-state index contributed by atoms with van der Waals surface area (Å²) in [6.07, 6.45) is 0. The molecular weight excluding hydrogens is 245 g/mol. The predicted octanol–water partition coefficient (Wildman–Crippen LogP) is 3.19. The van der Waals surface area contributed by atoms with Crippen LogP contribution in [-0.2, 0) is 10.5 Å². The lowest BCUT2D eigenvalue weighted by Crippen LogP contribution is -2.50. The van der Waals surface area contributed by atoms with Crippen LogP contribution in [0.5, 0.6) is 0 Å². The Bertz CT molecular complexity index is 349. The minimum absolute atomic E-state index is 0. The van der Waals surface area contributed by atoms with Crippen LogP contribution in [0.1, 0.15) is 19.4 Å². The third-order valence-corrected chi connectivity index (χ3v) is 3.16. The van der Waals surface area contributed by atoms with Crippen LogP contribution in [0.25, 0.3) is 0 Å². The number of rotatable bonds is 1. The molecule has 2 unspecified atom stereocenters. The zero-order valence-electron chi connectivity index (χ0n) is 9.50. The van der Waals surface area contributed by atoms with Gasteiger partial charge >= 0.3 is 0 Å². The maximum absolute atomic E-state index is 6.16. The van der Waals surface area contributed by atoms with Gasteiger partial charge in [0, 0.05) is 17.1 Å². The summed E-state index contributed by atoms with van der Waals surface area (Å²) in [5, 5.41) is 4.15. The zero-order chi connectivity index (χ0) is 10.9. The monoisotopic (exact) mass is 261 g/mol. The van der Waals surface area contributed by atoms with Gasteiger partial charge in [-0.3, -0.25) is 5.32 Å². The van der Waals surface area contributed by atoms with Gasteiger partial charge in [-0.1, -0.05) is 36.7 Å². The molecule has 1 fully saturated rings. The highest BCUT2D eigenvalue weighted by atomic mass is 35.5. The van der Waals surface area contributed by atoms with E-state index in [1.165, 1.54) is 0 Å². The summed E-state index contributed by atoms with van der Waals surface area (Å²) in [6, 6.07) is 7.81. The van der Waals surface area contributed by atoms with Crippen LogP contribution < -0.4 is 5.32 Å². The Morgan fingerprint density at radius 3 is 2.69 bits per heavy atom. The van der Waals surface area contributed by atoms with Crippen molar-refractivity contribution in [1.29, 1.82) is 0 Å². The average molecular weight is 262 g/mol. The highest BCUT2D eigenvalue weighted by Crippen LogP contribution is 2.31. The SMILES string of the molecule is CC1CNC(C)(c2ccccc2Cl)OC1.Cl. The van der Waals surface area contributed by atoms with E-state index >= 15 is 0 Å². The molecule has 1 aromatic rings. The molecule has 1 aliphatic rings. The number of nitrogens with one attached hydrogen (secondary N) is 1. The molecular formula is C12H17Cl2NO. The molecule has 1 heterocycles. The van der Waals surface area contributed by atoms with Crippen molar-refractivity contribution in [3.63, 3.8) is 0 Å². The lowest BCUT2D eigenvalue weighted by molar-refractivity contribution is -0.106. The fourth-order valence-electron chi connectivity index (χ4n) is 1.81. The largest absolute Gasteiger partial charge is 0.356 e. The summed E-state index contributed by atoms with van der Waals surface area (Å²) in [5.41, 5.74) is 0.573. The van der Waals surface area contributed by atoms with Gasteiger partial charge in [0.05, 0.1) is 6.61 Å². The van der Waals surface area contributed by atoms with Gasteiger partial charge in [-0.05, 0) is 18.9 Å². The molecule has 0 radical (unpaired) electrons. The number of hydrogen-bond donors (Lipinski definition) is 1. The van der Waals surface area contributed by atoms with Crippen molar-refractivity contribution in [2.45, 2.75) is 19.6 Å². The molecule has 2 nitrogen and oxygen atoms in total. The normalized spacial score (nSPS) is 29.6. The highest BCUT2D eigenvalue weighted by molar-refractivity contribution is 6.31. The van der Waals surface area contributed by atoms with E-state index in [2.05, 4.69) is 12.2 Å². The third-order valence-electron chi connectivity index (χ3n) is 2.83. The van der Waals surface area contributed by atoms with Crippen LogP contribution in [0.2, 0.25) is 5.02 Å². The maximum atomic E-state index is 6.16. The molecule has 2 atom stereocenters. The Kier molecular flexibility index (Phi) is 4.62. The topological polar surface area (TPSA) is 21.3 Å². The average Bonchev–Trinajstić information content (AvgIpc) is 2.23. The van der Waals surface area contributed by atoms with Crippen molar-refractivity contribution in [2.75, 3.05) is 13.2 Å². The van der Waals surface area contributed by atoms with Crippen molar-refractivity contribution >= 4 is 24.0 Å². The van der Waals surface area contributed by atoms with E-state index in [0.29, 0.717) is 5.92 Å². The number of hydrogen-bond acceptors (Lipinski definition) is 2. The van der Waals surface area contributed by atoms with Gasteiger partial charge in [-0.25, -0.2) is 0 Å². The van der Waals surface area contributed by atoms with Crippen molar-refractivity contribution in [3.8, 4) is 0 Å². The second-order valence-electron chi connectivity index (χ2n) is 4.31. The first-order valence-corrected chi connectivity index (χ1v) is 5.63. The van der Waals surface area contributed by atoms with Crippen molar-refractivity contribution in [3.05, 3.63) is 34.9 Å². The van der Waals surface area contributed by atoms with Crippen LogP contribution in [-0.4, -0.2) is 13.2 Å². The van der Waals surface area contributed by atoms with E-state index < -0.39 is 5.72 Å². The fourth-order valence-corrected chi connectivity index (χ4v) is 2.12. The van der Waals surface area contributed by atoms with E-state index in [0.717, 1.165) is 23.7 Å². The molecule has 16 heavy (non-hydrogen) atoms. The third kappa shape index (κ3) is 2.69. The summed E-state index contributed by atoms with van der Waals surface area (Å²) >= 11 is 6.16. The van der Waals surface area contributed by atoms with Crippen LogP contribution >= 0.6 is 24.0 Å². The van der Waals surface area contributed by atoms with E-state index in [1.54, 1.807) is 0 Å². The van der Waals surface area contributed by atoms with E-state index in [1.807, 2.05) is 31.2 Å². The van der Waals surface area contributed by atoms with Crippen LogP contribution in [0.4, 0.5) is 0 Å². The van der Waals surface area contributed by atoms with Gasteiger partial charge in [0.15, 0.2) is 0 Å². The molecule has 0 bridgehead atoms. The predicted molar refractivity (Wildman–Crippen MR) is 69.2 cm³/mol. The summed E-state index contributed by atoms with van der Waals surface area (Å²) in [5.74, 6) is 0.556. The first-order valence-electron chi connectivity index (χ1n) is 5.26. The highest BCUT2D eigenvalue weighted by Gasteiger charge is 2.33. The number of ether oxygens (including phenoxy) is 1. The molecule has 2 rings (SSSR count). The number of halogens is 2. The molecule has 1 aromatic carbocycles. The molecule has 0 saturated carbocycles. The molecule has 1 aliphatic heterocycles. The molecule has 90 valence electrons. The summed E-state index contributed by atoms with van der Waals surface area (Å²) < 4.78 is 5.85. The molecule has 0 spiro atoms. The first kappa shape index (κ1) is 13.8. The van der Waals surface area contributed by atoms with Gasteiger partial charge in [0.1, 0.15) is 5.72 Å². The first-order chi connectivity index (χ1) is 7.12. The maximum Gasteiger partial charge on any atom is 0.143 e. The van der Waals surface area contributed by atoms with Crippen molar-refractivity contribution in [2.24, 2.45) is 5.92 Å². The Morgan fingerprint density at radius 2 is 2.12 bits per heavy atom. The summed E-state index contributed by atoms with van der Waals surface area (Å²) in [4.78, 5) is 0. The fraction of sp³-hybridized carbons (Fsp3) is 0.500. The summed E-state index contributed by atoms with van der Waals surface area (Å²) in [6.45, 7) is 5.93. The van der Waals surface area contributed by atoms with Crippen LogP contribution in [0, 0.1) is 5.92 Å². The van der Waals surface area contributed by atoms with Gasteiger partial charge in [-0.15, -0.1) is 12.4 Å². The van der Waals surface area contributed by atoms with E-state index in [-0.39, 0.29) is 12.4 Å². The second-order valence-corrected chi connectivity index (χ2v) is 4.72. The van der Waals surface area contributed by atoms with E-state index in [4.69, 9.17) is 16.3 Å². The number of benzene rings is 1. The zero-order valence-corrected chi connectivity index (χ0v) is 11.1. The molecule has 1 N–H and O–H groups in total. The Balaban J connectivity index is 0.00000128. The van der Waals surface area contributed by atoms with Crippen LogP contribution in [0.3, 0.4) is 0 Å². The lowest BCUT2D eigenvalue weighted by Gasteiger charge is -2.38. The van der Waals surface area contributed by atoms with Crippen molar-refractivity contribution in [1.82, 2.24) is 5.32 Å². The quantitative estimate of drug-likeness (QED) is 0.839. The van der Waals surface area contributed by atoms with Gasteiger partial charge in [0.25, 0.3) is 0 Å². The van der Waals surface area contributed by atoms with E-state index in [9.17, 15) is 0 Å². The molecule has 0 aromatic heterocycles. The van der Waals surface area contributed by atoms with Gasteiger partial charge < -0.3 is 4.74 Å². The minimum atomic E-state index is -0.440. The molecule has 0 amide bonds. The second kappa shape index (κ2) is 5.37. The van der Waals surface area contributed by atoms with Crippen molar-refractivity contribution < 1.29 is 4.74 Å². The Labute approximate surface area is 108 Å². The molecule has 4 heteroatoms. The van der Waals surface area contributed by atoms with Gasteiger partial charge in [0.2, 0.25) is 0 Å². The molecule has 0 aliphatic carbocycles.